The first-order valence-electron chi connectivity index (χ1n) is 7.16. The smallest absolute Gasteiger partial charge is 0.329 e. The highest BCUT2D eigenvalue weighted by molar-refractivity contribution is 5.92. The fraction of sp³-hybridized carbons (Fsp3) is 0.500. The number of ether oxygens (including phenoxy) is 1. The number of carboxylic acid groups (broad SMARTS) is 1. The molecule has 1 heterocycles. The third-order valence-electron chi connectivity index (χ3n) is 4.37. The van der Waals surface area contributed by atoms with Crippen LogP contribution >= 0.6 is 0 Å². The zero-order chi connectivity index (χ0) is 15.1. The van der Waals surface area contributed by atoms with E-state index in [4.69, 9.17) is 9.84 Å². The molecule has 2 fully saturated rings. The Morgan fingerprint density at radius 1 is 1.24 bits per heavy atom. The first-order chi connectivity index (χ1) is 9.95. The van der Waals surface area contributed by atoms with E-state index in [1.54, 1.807) is 4.90 Å². The standard InChI is InChI=1S/C16H19NO4/c1-15(21-9-13(18)19)10-17(11-15)14(20)16(7-8-16)12-5-3-2-4-6-12/h2-6H,7-11H2,1H3,(H,18,19). The van der Waals surface area contributed by atoms with Gasteiger partial charge in [-0.25, -0.2) is 4.79 Å². The maximum atomic E-state index is 12.7. The van der Waals surface area contributed by atoms with Crippen LogP contribution in [0.15, 0.2) is 30.3 Å². The third kappa shape index (κ3) is 2.53. The number of amides is 1. The van der Waals surface area contributed by atoms with Crippen molar-refractivity contribution < 1.29 is 19.4 Å². The average Bonchev–Trinajstić information content (AvgIpc) is 3.24. The quantitative estimate of drug-likeness (QED) is 0.890. The second kappa shape index (κ2) is 4.84. The van der Waals surface area contributed by atoms with Crippen LogP contribution in [0.5, 0.6) is 0 Å². The summed E-state index contributed by atoms with van der Waals surface area (Å²) in [7, 11) is 0. The van der Waals surface area contributed by atoms with Crippen LogP contribution in [0, 0.1) is 0 Å². The Morgan fingerprint density at radius 3 is 2.38 bits per heavy atom. The number of likely N-dealkylation sites (tertiary alicyclic amines) is 1. The van der Waals surface area contributed by atoms with E-state index in [1.165, 1.54) is 0 Å². The molecule has 21 heavy (non-hydrogen) atoms. The SMILES string of the molecule is CC1(OCC(=O)O)CN(C(=O)C2(c3ccccc3)CC2)C1. The highest BCUT2D eigenvalue weighted by atomic mass is 16.5. The topological polar surface area (TPSA) is 66.8 Å². The Kier molecular flexibility index (Phi) is 3.24. The summed E-state index contributed by atoms with van der Waals surface area (Å²) >= 11 is 0. The summed E-state index contributed by atoms with van der Waals surface area (Å²) in [5.41, 5.74) is 0.200. The lowest BCUT2D eigenvalue weighted by Gasteiger charge is -2.48. The molecule has 3 rings (SSSR count). The fourth-order valence-corrected chi connectivity index (χ4v) is 3.04. The summed E-state index contributed by atoms with van der Waals surface area (Å²) in [5, 5.41) is 8.65. The van der Waals surface area contributed by atoms with Crippen LogP contribution < -0.4 is 0 Å². The molecule has 1 amide bonds. The van der Waals surface area contributed by atoms with Gasteiger partial charge in [-0.1, -0.05) is 30.3 Å². The number of hydrogen-bond donors (Lipinski definition) is 1. The van der Waals surface area contributed by atoms with Crippen LogP contribution in [0.2, 0.25) is 0 Å². The molecule has 0 spiro atoms. The van der Waals surface area contributed by atoms with Crippen molar-refractivity contribution in [2.75, 3.05) is 19.7 Å². The zero-order valence-electron chi connectivity index (χ0n) is 12.0. The van der Waals surface area contributed by atoms with Gasteiger partial charge in [0.15, 0.2) is 0 Å². The van der Waals surface area contributed by atoms with Gasteiger partial charge in [0, 0.05) is 0 Å². The average molecular weight is 289 g/mol. The summed E-state index contributed by atoms with van der Waals surface area (Å²) in [4.78, 5) is 25.0. The van der Waals surface area contributed by atoms with Crippen molar-refractivity contribution in [3.63, 3.8) is 0 Å². The van der Waals surface area contributed by atoms with Crippen LogP contribution in [0.4, 0.5) is 0 Å². The van der Waals surface area contributed by atoms with Gasteiger partial charge in [-0.05, 0) is 25.3 Å². The Hall–Kier alpha value is -1.88. The molecule has 0 bridgehead atoms. The molecule has 0 unspecified atom stereocenters. The van der Waals surface area contributed by atoms with Gasteiger partial charge in [0.25, 0.3) is 0 Å². The molecule has 5 nitrogen and oxygen atoms in total. The number of hydrogen-bond acceptors (Lipinski definition) is 3. The number of benzene rings is 1. The minimum Gasteiger partial charge on any atom is -0.480 e. The molecule has 0 radical (unpaired) electrons. The van der Waals surface area contributed by atoms with Gasteiger partial charge in [0.1, 0.15) is 12.2 Å². The first kappa shape index (κ1) is 14.1. The predicted molar refractivity (Wildman–Crippen MR) is 75.9 cm³/mol. The maximum Gasteiger partial charge on any atom is 0.329 e. The zero-order valence-corrected chi connectivity index (χ0v) is 12.0. The third-order valence-corrected chi connectivity index (χ3v) is 4.37. The van der Waals surface area contributed by atoms with Gasteiger partial charge in [-0.2, -0.15) is 0 Å². The van der Waals surface area contributed by atoms with Gasteiger partial charge in [-0.3, -0.25) is 4.79 Å². The van der Waals surface area contributed by atoms with E-state index in [2.05, 4.69) is 0 Å². The van der Waals surface area contributed by atoms with Crippen LogP contribution in [-0.4, -0.2) is 47.2 Å². The largest absolute Gasteiger partial charge is 0.480 e. The van der Waals surface area contributed by atoms with Crippen molar-refractivity contribution in [3.05, 3.63) is 35.9 Å². The van der Waals surface area contributed by atoms with Gasteiger partial charge >= 0.3 is 5.97 Å². The van der Waals surface area contributed by atoms with E-state index in [0.717, 1.165) is 18.4 Å². The minimum atomic E-state index is -0.982. The van der Waals surface area contributed by atoms with E-state index < -0.39 is 11.6 Å². The van der Waals surface area contributed by atoms with E-state index in [1.807, 2.05) is 37.3 Å². The maximum absolute atomic E-state index is 12.7. The lowest BCUT2D eigenvalue weighted by molar-refractivity contribution is -0.174. The molecule has 1 aromatic carbocycles. The molecule has 1 saturated heterocycles. The molecular formula is C16H19NO4. The second-order valence-corrected chi connectivity index (χ2v) is 6.24. The van der Waals surface area contributed by atoms with E-state index in [0.29, 0.717) is 13.1 Å². The van der Waals surface area contributed by atoms with Crippen molar-refractivity contribution in [1.82, 2.24) is 4.90 Å². The van der Waals surface area contributed by atoms with Crippen LogP contribution in [0.1, 0.15) is 25.3 Å². The number of aliphatic carboxylic acids is 1. The van der Waals surface area contributed by atoms with Crippen molar-refractivity contribution >= 4 is 11.9 Å². The number of carbonyl (C=O) groups excluding carboxylic acids is 1. The lowest BCUT2D eigenvalue weighted by atomic mass is 9.89. The number of rotatable bonds is 5. The summed E-state index contributed by atoms with van der Waals surface area (Å²) < 4.78 is 5.35. The normalized spacial score (nSPS) is 21.5. The summed E-state index contributed by atoms with van der Waals surface area (Å²) in [6.45, 7) is 2.46. The fourth-order valence-electron chi connectivity index (χ4n) is 3.04. The van der Waals surface area contributed by atoms with Crippen LogP contribution in [-0.2, 0) is 19.7 Å². The summed E-state index contributed by atoms with van der Waals surface area (Å²) in [5.74, 6) is -0.839. The molecule has 1 aliphatic heterocycles. The Bertz CT molecular complexity index is 559. The summed E-state index contributed by atoms with van der Waals surface area (Å²) in [6.07, 6.45) is 1.78. The molecule has 2 aliphatic rings. The van der Waals surface area contributed by atoms with Gasteiger partial charge in [-0.15, -0.1) is 0 Å². The molecule has 0 atom stereocenters. The second-order valence-electron chi connectivity index (χ2n) is 6.24. The highest BCUT2D eigenvalue weighted by Gasteiger charge is 2.56. The molecule has 5 heteroatoms. The van der Waals surface area contributed by atoms with Gasteiger partial charge in [0.05, 0.1) is 18.5 Å². The lowest BCUT2D eigenvalue weighted by Crippen LogP contribution is -2.65. The van der Waals surface area contributed by atoms with Crippen molar-refractivity contribution in [2.24, 2.45) is 0 Å². The summed E-state index contributed by atoms with van der Waals surface area (Å²) in [6, 6.07) is 9.87. The number of carboxylic acids is 1. The molecule has 1 aromatic rings. The molecule has 1 N–H and O–H groups in total. The molecule has 0 aromatic heterocycles. The van der Waals surface area contributed by atoms with Crippen molar-refractivity contribution in [2.45, 2.75) is 30.8 Å². The first-order valence-corrected chi connectivity index (χ1v) is 7.16. The van der Waals surface area contributed by atoms with E-state index >= 15 is 0 Å². The molecule has 1 aliphatic carbocycles. The van der Waals surface area contributed by atoms with E-state index in [9.17, 15) is 9.59 Å². The van der Waals surface area contributed by atoms with Crippen molar-refractivity contribution in [3.8, 4) is 0 Å². The van der Waals surface area contributed by atoms with Crippen LogP contribution in [0.3, 0.4) is 0 Å². The predicted octanol–water partition coefficient (Wildman–Crippen LogP) is 1.42. The number of nitrogens with zero attached hydrogens (tertiary/aromatic N) is 1. The highest BCUT2D eigenvalue weighted by Crippen LogP contribution is 2.50. The Morgan fingerprint density at radius 2 is 1.86 bits per heavy atom. The molecular weight excluding hydrogens is 270 g/mol. The molecule has 1 saturated carbocycles. The number of carbonyl (C=O) groups is 2. The van der Waals surface area contributed by atoms with E-state index in [-0.39, 0.29) is 17.9 Å². The minimum absolute atomic E-state index is 0.144. The van der Waals surface area contributed by atoms with Gasteiger partial charge < -0.3 is 14.7 Å². The monoisotopic (exact) mass is 289 g/mol. The molecule has 112 valence electrons. The van der Waals surface area contributed by atoms with Crippen LogP contribution in [0.25, 0.3) is 0 Å². The Balaban J connectivity index is 1.63. The Labute approximate surface area is 123 Å². The van der Waals surface area contributed by atoms with Gasteiger partial charge in [0.2, 0.25) is 5.91 Å². The van der Waals surface area contributed by atoms with Crippen molar-refractivity contribution in [1.29, 1.82) is 0 Å².